The molecule has 3 aromatic rings. The number of benzene rings is 2. The molecular weight excluding hydrogens is 434 g/mol. The molecular formula is C22H25N3O6S. The summed E-state index contributed by atoms with van der Waals surface area (Å²) < 4.78 is 44.9. The van der Waals surface area contributed by atoms with Gasteiger partial charge in [-0.2, -0.15) is 4.98 Å². The molecule has 0 fully saturated rings. The van der Waals surface area contributed by atoms with Crippen LogP contribution in [0.4, 0.5) is 5.82 Å². The van der Waals surface area contributed by atoms with Crippen LogP contribution >= 0.6 is 0 Å². The number of hydrogen-bond donors (Lipinski definition) is 2. The first-order valence-electron chi connectivity index (χ1n) is 9.84. The van der Waals surface area contributed by atoms with Crippen molar-refractivity contribution in [3.05, 3.63) is 60.4 Å². The number of methoxy groups -OCH3 is 1. The second kappa shape index (κ2) is 9.84. The smallest absolute Gasteiger partial charge is 0.265 e. The van der Waals surface area contributed by atoms with E-state index >= 15 is 0 Å². The summed E-state index contributed by atoms with van der Waals surface area (Å²) in [7, 11) is -2.53. The van der Waals surface area contributed by atoms with Crippen molar-refractivity contribution < 1.29 is 27.7 Å². The molecule has 3 rings (SSSR count). The minimum atomic E-state index is -4.00. The molecule has 0 radical (unpaired) electrons. The van der Waals surface area contributed by atoms with Gasteiger partial charge in [0.25, 0.3) is 15.9 Å². The Kier molecular flexibility index (Phi) is 7.16. The average molecular weight is 460 g/mol. The normalized spacial score (nSPS) is 12.3. The summed E-state index contributed by atoms with van der Waals surface area (Å²) in [6, 6.07) is 13.3. The van der Waals surface area contributed by atoms with E-state index < -0.39 is 16.3 Å². The van der Waals surface area contributed by atoms with Gasteiger partial charge in [-0.15, -0.1) is 0 Å². The van der Waals surface area contributed by atoms with Crippen molar-refractivity contribution in [3.63, 3.8) is 0 Å². The Balaban J connectivity index is 2.01. The lowest BCUT2D eigenvalue weighted by molar-refractivity contribution is -0.00531. The molecule has 10 heteroatoms. The van der Waals surface area contributed by atoms with Gasteiger partial charge >= 0.3 is 0 Å². The summed E-state index contributed by atoms with van der Waals surface area (Å²) >= 11 is 0. The molecule has 9 nitrogen and oxygen atoms in total. The lowest BCUT2D eigenvalue weighted by Crippen LogP contribution is -2.17. The van der Waals surface area contributed by atoms with Crippen LogP contribution < -0.4 is 18.9 Å². The molecule has 0 aliphatic rings. The van der Waals surface area contributed by atoms with Gasteiger partial charge in [-0.1, -0.05) is 38.1 Å². The van der Waals surface area contributed by atoms with E-state index in [2.05, 4.69) is 14.7 Å². The fraction of sp³-hybridized carbons (Fsp3) is 0.273. The number of nitrogens with one attached hydrogen (secondary N) is 1. The summed E-state index contributed by atoms with van der Waals surface area (Å²) in [4.78, 5) is 8.05. The van der Waals surface area contributed by atoms with Gasteiger partial charge in [0.05, 0.1) is 12.0 Å². The van der Waals surface area contributed by atoms with Crippen LogP contribution in [0.1, 0.15) is 32.3 Å². The van der Waals surface area contributed by atoms with Crippen LogP contribution in [0.3, 0.4) is 0 Å². The molecule has 1 unspecified atom stereocenters. The van der Waals surface area contributed by atoms with Crippen molar-refractivity contribution in [2.45, 2.75) is 37.9 Å². The summed E-state index contributed by atoms with van der Waals surface area (Å²) in [6.45, 7) is 5.43. The number of rotatable bonds is 9. The average Bonchev–Trinajstić information content (AvgIpc) is 2.75. The van der Waals surface area contributed by atoms with E-state index in [0.29, 0.717) is 5.75 Å². The highest BCUT2D eigenvalue weighted by atomic mass is 32.2. The first-order valence-corrected chi connectivity index (χ1v) is 11.3. The lowest BCUT2D eigenvalue weighted by atomic mass is 10.0. The fourth-order valence-electron chi connectivity index (χ4n) is 2.80. The SMILES string of the molecule is COc1ccccc1Oc1c(NS(=O)(=O)c2ccc(C(C)C)cc2)ncnc1OC(C)O. The Morgan fingerprint density at radius 2 is 1.62 bits per heavy atom. The maximum Gasteiger partial charge on any atom is 0.265 e. The second-order valence-corrected chi connectivity index (χ2v) is 8.84. The van der Waals surface area contributed by atoms with Crippen molar-refractivity contribution >= 4 is 15.8 Å². The van der Waals surface area contributed by atoms with Crippen LogP contribution in [0, 0.1) is 0 Å². The van der Waals surface area contributed by atoms with E-state index in [-0.39, 0.29) is 34.0 Å². The van der Waals surface area contributed by atoms with Crippen LogP contribution in [0.25, 0.3) is 0 Å². The van der Waals surface area contributed by atoms with Crippen LogP contribution in [-0.4, -0.2) is 36.9 Å². The predicted octanol–water partition coefficient (Wildman–Crippen LogP) is 3.92. The number of aromatic nitrogens is 2. The third-order valence-electron chi connectivity index (χ3n) is 4.42. The van der Waals surface area contributed by atoms with Gasteiger partial charge < -0.3 is 19.3 Å². The van der Waals surface area contributed by atoms with E-state index in [1.54, 1.807) is 36.4 Å². The summed E-state index contributed by atoms with van der Waals surface area (Å²) in [5.74, 6) is 0.519. The zero-order chi connectivity index (χ0) is 23.3. The standard InChI is InChI=1S/C22H25N3O6S/c1-14(2)16-9-11-17(12-10-16)32(27,28)25-21-20(22(24-13-23-21)30-15(3)26)31-19-8-6-5-7-18(19)29-4/h5-15,26H,1-4H3,(H,23,24,25). The lowest BCUT2D eigenvalue weighted by Gasteiger charge is -2.17. The molecule has 1 aromatic heterocycles. The first kappa shape index (κ1) is 23.3. The van der Waals surface area contributed by atoms with Gasteiger partial charge in [0, 0.05) is 0 Å². The van der Waals surface area contributed by atoms with Crippen LogP contribution in [0.15, 0.2) is 59.8 Å². The Morgan fingerprint density at radius 1 is 0.969 bits per heavy atom. The van der Waals surface area contributed by atoms with Crippen molar-refractivity contribution in [1.82, 2.24) is 9.97 Å². The number of nitrogens with zero attached hydrogens (tertiary/aromatic N) is 2. The maximum absolute atomic E-state index is 13.0. The monoisotopic (exact) mass is 459 g/mol. The van der Waals surface area contributed by atoms with Crippen molar-refractivity contribution in [2.75, 3.05) is 11.8 Å². The topological polar surface area (TPSA) is 120 Å². The van der Waals surface area contributed by atoms with Gasteiger partial charge in [0.2, 0.25) is 5.75 Å². The number of hydrogen-bond acceptors (Lipinski definition) is 8. The number of ether oxygens (including phenoxy) is 3. The molecule has 1 heterocycles. The largest absolute Gasteiger partial charge is 0.493 e. The van der Waals surface area contributed by atoms with Crippen LogP contribution in [-0.2, 0) is 10.0 Å². The fourth-order valence-corrected chi connectivity index (χ4v) is 3.81. The molecule has 0 saturated carbocycles. The molecule has 32 heavy (non-hydrogen) atoms. The zero-order valence-corrected chi connectivity index (χ0v) is 19.0. The van der Waals surface area contributed by atoms with Crippen molar-refractivity contribution in [1.29, 1.82) is 0 Å². The molecule has 0 bridgehead atoms. The second-order valence-electron chi connectivity index (χ2n) is 7.16. The third-order valence-corrected chi connectivity index (χ3v) is 5.78. The molecule has 2 aromatic carbocycles. The van der Waals surface area contributed by atoms with E-state index in [1.165, 1.54) is 26.2 Å². The van der Waals surface area contributed by atoms with E-state index in [4.69, 9.17) is 14.2 Å². The van der Waals surface area contributed by atoms with Gasteiger partial charge in [-0.3, -0.25) is 4.72 Å². The van der Waals surface area contributed by atoms with Crippen LogP contribution in [0.2, 0.25) is 0 Å². The minimum absolute atomic E-state index is 0.0572. The van der Waals surface area contributed by atoms with Gasteiger partial charge in [-0.25, -0.2) is 13.4 Å². The molecule has 2 N–H and O–H groups in total. The van der Waals surface area contributed by atoms with E-state index in [9.17, 15) is 13.5 Å². The molecule has 0 saturated heterocycles. The van der Waals surface area contributed by atoms with Crippen molar-refractivity contribution in [2.24, 2.45) is 0 Å². The first-order chi connectivity index (χ1) is 15.2. The minimum Gasteiger partial charge on any atom is -0.493 e. The Bertz CT molecular complexity index is 1160. The molecule has 1 atom stereocenters. The predicted molar refractivity (Wildman–Crippen MR) is 119 cm³/mol. The van der Waals surface area contributed by atoms with Gasteiger partial charge in [0.1, 0.15) is 6.33 Å². The highest BCUT2D eigenvalue weighted by Gasteiger charge is 2.23. The van der Waals surface area contributed by atoms with Crippen LogP contribution in [0.5, 0.6) is 23.1 Å². The summed E-state index contributed by atoms with van der Waals surface area (Å²) in [6.07, 6.45) is -0.120. The molecule has 0 aliphatic heterocycles. The Hall–Kier alpha value is -3.37. The maximum atomic E-state index is 13.0. The van der Waals surface area contributed by atoms with Gasteiger partial charge in [-0.05, 0) is 42.7 Å². The Labute approximate surface area is 187 Å². The number of sulfonamides is 1. The third kappa shape index (κ3) is 5.45. The summed E-state index contributed by atoms with van der Waals surface area (Å²) in [5.41, 5.74) is 1.01. The highest BCUT2D eigenvalue weighted by molar-refractivity contribution is 7.92. The molecule has 170 valence electrons. The number of para-hydroxylation sites is 2. The zero-order valence-electron chi connectivity index (χ0n) is 18.1. The quantitative estimate of drug-likeness (QED) is 0.462. The highest BCUT2D eigenvalue weighted by Crippen LogP contribution is 2.40. The molecule has 0 aliphatic carbocycles. The van der Waals surface area contributed by atoms with E-state index in [0.717, 1.165) is 11.9 Å². The van der Waals surface area contributed by atoms with Crippen molar-refractivity contribution in [3.8, 4) is 23.1 Å². The molecule has 0 amide bonds. The number of anilines is 1. The van der Waals surface area contributed by atoms with Gasteiger partial charge in [0.15, 0.2) is 23.6 Å². The Morgan fingerprint density at radius 3 is 2.22 bits per heavy atom. The number of aliphatic hydroxyl groups excluding tert-OH is 1. The van der Waals surface area contributed by atoms with E-state index in [1.807, 2.05) is 13.8 Å². The molecule has 0 spiro atoms. The number of aliphatic hydroxyl groups is 1. The summed E-state index contributed by atoms with van der Waals surface area (Å²) in [5, 5.41) is 9.67.